The molecule has 11 heteroatoms. The molecule has 1 saturated heterocycles. The van der Waals surface area contributed by atoms with E-state index in [4.69, 9.17) is 29.9 Å². The second-order valence-corrected chi connectivity index (χ2v) is 21.8. The van der Waals surface area contributed by atoms with E-state index in [2.05, 4.69) is 46.2 Å². The molecule has 1 fully saturated rings. The average Bonchev–Trinajstić information content (AvgIpc) is 2.82. The van der Waals surface area contributed by atoms with Gasteiger partial charge < -0.3 is 23.4 Å². The summed E-state index contributed by atoms with van der Waals surface area (Å²) in [5.74, 6) is -1.64. The molecule has 1 aliphatic heterocycles. The summed E-state index contributed by atoms with van der Waals surface area (Å²) in [6.45, 7) is 15.4. The van der Waals surface area contributed by atoms with Crippen molar-refractivity contribution in [3.05, 3.63) is 64.2 Å². The maximum absolute atomic E-state index is 12.5. The molecule has 1 heterocycles. The minimum absolute atomic E-state index is 0.00296. The van der Waals surface area contributed by atoms with Crippen LogP contribution in [0.15, 0.2) is 42.5 Å². The molecular formula is C29H42ClF3O5Si2. The number of aliphatic hydroxyl groups is 1. The highest BCUT2D eigenvalue weighted by Gasteiger charge is 2.56. The number of ether oxygens (including phenoxy) is 2. The Morgan fingerprint density at radius 2 is 1.57 bits per heavy atom. The van der Waals surface area contributed by atoms with Crippen LogP contribution in [0.25, 0.3) is 0 Å². The van der Waals surface area contributed by atoms with Gasteiger partial charge in [0.25, 0.3) is 0 Å². The zero-order valence-corrected chi connectivity index (χ0v) is 27.3. The van der Waals surface area contributed by atoms with Crippen molar-refractivity contribution in [1.82, 2.24) is 0 Å². The summed E-state index contributed by atoms with van der Waals surface area (Å²) in [7, 11) is -4.19. The van der Waals surface area contributed by atoms with E-state index in [-0.39, 0.29) is 23.9 Å². The molecule has 0 aromatic heterocycles. The summed E-state index contributed by atoms with van der Waals surface area (Å²) in [5, 5.41) is 12.9. The van der Waals surface area contributed by atoms with Crippen molar-refractivity contribution in [3.63, 3.8) is 0 Å². The third kappa shape index (κ3) is 8.80. The van der Waals surface area contributed by atoms with Crippen molar-refractivity contribution in [2.75, 3.05) is 6.61 Å². The molecule has 0 bridgehead atoms. The van der Waals surface area contributed by atoms with E-state index in [9.17, 15) is 18.3 Å². The Bertz CT molecular complexity index is 1130. The van der Waals surface area contributed by atoms with Crippen LogP contribution in [0, 0.1) is 5.92 Å². The lowest BCUT2D eigenvalue weighted by Gasteiger charge is -2.53. The van der Waals surface area contributed by atoms with Gasteiger partial charge in [-0.3, -0.25) is 0 Å². The molecule has 0 amide bonds. The van der Waals surface area contributed by atoms with Gasteiger partial charge in [0.05, 0.1) is 12.2 Å². The number of halogens is 4. The van der Waals surface area contributed by atoms with Crippen molar-refractivity contribution >= 4 is 28.2 Å². The van der Waals surface area contributed by atoms with Crippen molar-refractivity contribution in [2.24, 2.45) is 5.92 Å². The van der Waals surface area contributed by atoms with Gasteiger partial charge in [0, 0.05) is 16.5 Å². The molecule has 5 atom stereocenters. The Morgan fingerprint density at radius 3 is 2.10 bits per heavy atom. The van der Waals surface area contributed by atoms with Crippen LogP contribution in [0.1, 0.15) is 37.0 Å². The second-order valence-electron chi connectivity index (χ2n) is 12.5. The molecule has 2 aromatic rings. The maximum Gasteiger partial charge on any atom is 0.422 e. The molecule has 3 rings (SSSR count). The summed E-state index contributed by atoms with van der Waals surface area (Å²) in [5.41, 5.74) is 2.08. The molecule has 0 radical (unpaired) electrons. The number of benzene rings is 2. The molecule has 1 aliphatic rings. The molecule has 0 aliphatic carbocycles. The van der Waals surface area contributed by atoms with Crippen molar-refractivity contribution < 1.29 is 36.6 Å². The van der Waals surface area contributed by atoms with Gasteiger partial charge in [-0.1, -0.05) is 43.6 Å². The van der Waals surface area contributed by atoms with Gasteiger partial charge in [-0.2, -0.15) is 13.2 Å². The monoisotopic (exact) mass is 618 g/mol. The van der Waals surface area contributed by atoms with Crippen LogP contribution in [0.2, 0.25) is 44.3 Å². The van der Waals surface area contributed by atoms with Crippen LogP contribution >= 0.6 is 11.6 Å². The standard InChI is InChI=1S/C29H42ClF3O5Si2/c1-9-25-19(2)26(37-39(3,4)5)27(38-40(6,7)8)29(34,36-25)22-12-15-24(30)21(17-22)16-20-10-13-23(14-11-20)35-18-28(31,32)33/h10-15,17,19,25-27,34H,9,16,18H2,1-8H3/t19-,25-,26+,27-,29+/m1/s1. The van der Waals surface area contributed by atoms with E-state index >= 15 is 0 Å². The number of hydrogen-bond acceptors (Lipinski definition) is 5. The largest absolute Gasteiger partial charge is 0.484 e. The second kappa shape index (κ2) is 12.4. The lowest BCUT2D eigenvalue weighted by molar-refractivity contribution is -0.339. The Labute approximate surface area is 243 Å². The van der Waals surface area contributed by atoms with Gasteiger partial charge in [0.1, 0.15) is 11.9 Å². The minimum Gasteiger partial charge on any atom is -0.484 e. The summed E-state index contributed by atoms with van der Waals surface area (Å²) >= 11 is 6.58. The highest BCUT2D eigenvalue weighted by molar-refractivity contribution is 6.70. The van der Waals surface area contributed by atoms with Gasteiger partial charge in [-0.25, -0.2) is 0 Å². The van der Waals surface area contributed by atoms with Crippen molar-refractivity contribution in [3.8, 4) is 5.75 Å². The van der Waals surface area contributed by atoms with Crippen LogP contribution in [0.3, 0.4) is 0 Å². The van der Waals surface area contributed by atoms with Gasteiger partial charge in [0.2, 0.25) is 5.79 Å². The van der Waals surface area contributed by atoms with Gasteiger partial charge >= 0.3 is 6.18 Å². The zero-order chi connectivity index (χ0) is 30.1. The molecule has 40 heavy (non-hydrogen) atoms. The van der Waals surface area contributed by atoms with E-state index in [1.807, 2.05) is 13.0 Å². The Balaban J connectivity index is 1.98. The Hall–Kier alpha value is -1.41. The van der Waals surface area contributed by atoms with Crippen molar-refractivity contribution in [2.45, 2.75) is 96.2 Å². The van der Waals surface area contributed by atoms with Crippen LogP contribution in [0.4, 0.5) is 13.2 Å². The Morgan fingerprint density at radius 1 is 0.975 bits per heavy atom. The molecule has 0 saturated carbocycles. The smallest absolute Gasteiger partial charge is 0.422 e. The van der Waals surface area contributed by atoms with E-state index in [0.29, 0.717) is 23.4 Å². The quantitative estimate of drug-likeness (QED) is 0.274. The van der Waals surface area contributed by atoms with Crippen LogP contribution in [0.5, 0.6) is 5.75 Å². The molecule has 5 nitrogen and oxygen atoms in total. The average molecular weight is 619 g/mol. The fourth-order valence-corrected chi connectivity index (χ4v) is 7.32. The first-order valence-electron chi connectivity index (χ1n) is 13.6. The number of rotatable bonds is 10. The predicted molar refractivity (Wildman–Crippen MR) is 157 cm³/mol. The topological polar surface area (TPSA) is 57.2 Å². The first-order valence-corrected chi connectivity index (χ1v) is 20.8. The zero-order valence-electron chi connectivity index (χ0n) is 24.6. The summed E-state index contributed by atoms with van der Waals surface area (Å²) in [6, 6.07) is 11.7. The predicted octanol–water partition coefficient (Wildman–Crippen LogP) is 7.90. The molecule has 1 N–H and O–H groups in total. The molecule has 2 aromatic carbocycles. The fourth-order valence-electron chi connectivity index (χ4n) is 4.93. The SMILES string of the molecule is CC[C@H]1O[C@@](O)(c2ccc(Cl)c(Cc3ccc(OCC(F)(F)F)cc3)c2)[C@H](O[Si](C)(C)C)[C@@H](O[Si](C)(C)C)[C@@H]1C. The molecule has 224 valence electrons. The normalized spacial score (nSPS) is 26.1. The Kier molecular flexibility index (Phi) is 10.3. The van der Waals surface area contributed by atoms with Crippen LogP contribution in [-0.4, -0.2) is 52.8 Å². The lowest BCUT2D eigenvalue weighted by Crippen LogP contribution is -2.64. The first kappa shape index (κ1) is 33.1. The van der Waals surface area contributed by atoms with Crippen LogP contribution < -0.4 is 4.74 Å². The fraction of sp³-hybridized carbons (Fsp3) is 0.586. The molecule has 0 spiro atoms. The van der Waals surface area contributed by atoms with E-state index < -0.39 is 41.3 Å². The number of hydrogen-bond donors (Lipinski definition) is 1. The van der Waals surface area contributed by atoms with E-state index in [1.54, 1.807) is 24.3 Å². The van der Waals surface area contributed by atoms with Gasteiger partial charge in [-0.05, 0) is 87.5 Å². The summed E-state index contributed by atoms with van der Waals surface area (Å²) in [4.78, 5) is 0. The summed E-state index contributed by atoms with van der Waals surface area (Å²) < 4.78 is 62.1. The van der Waals surface area contributed by atoms with Gasteiger partial charge in [-0.15, -0.1) is 0 Å². The lowest BCUT2D eigenvalue weighted by atomic mass is 9.82. The third-order valence-corrected chi connectivity index (χ3v) is 8.98. The number of alkyl halides is 3. The van der Waals surface area contributed by atoms with Gasteiger partial charge in [0.15, 0.2) is 23.2 Å². The highest BCUT2D eigenvalue weighted by atomic mass is 35.5. The van der Waals surface area contributed by atoms with Crippen LogP contribution in [-0.2, 0) is 25.8 Å². The molecule has 0 unspecified atom stereocenters. The first-order chi connectivity index (χ1) is 18.3. The van der Waals surface area contributed by atoms with Crippen molar-refractivity contribution in [1.29, 1.82) is 0 Å². The van der Waals surface area contributed by atoms with E-state index in [1.165, 1.54) is 12.1 Å². The minimum atomic E-state index is -4.40. The third-order valence-electron chi connectivity index (χ3n) is 6.67. The highest BCUT2D eigenvalue weighted by Crippen LogP contribution is 2.45. The summed E-state index contributed by atoms with van der Waals surface area (Å²) in [6.07, 6.45) is -4.69. The van der Waals surface area contributed by atoms with E-state index in [0.717, 1.165) is 11.1 Å². The molecular weight excluding hydrogens is 577 g/mol. The maximum atomic E-state index is 12.5.